The molecule has 0 amide bonds. The van der Waals surface area contributed by atoms with Gasteiger partial charge in [-0.15, -0.1) is 0 Å². The molecule has 0 fully saturated rings. The van der Waals surface area contributed by atoms with Crippen molar-refractivity contribution in [1.29, 1.82) is 0 Å². The Balaban J connectivity index is 2.24. The van der Waals surface area contributed by atoms with E-state index >= 15 is 0 Å². The van der Waals surface area contributed by atoms with Crippen LogP contribution in [0.4, 0.5) is 0 Å². The quantitative estimate of drug-likeness (QED) is 0.671. The molecule has 0 radical (unpaired) electrons. The summed E-state index contributed by atoms with van der Waals surface area (Å²) in [7, 11) is 0. The molecule has 2 aromatic rings. The standard InChI is InChI=1S/C14H15Cl2N3/c1-9-3-2-6-18-14(9)13(19-17)8-10-4-5-11(15)12(16)7-10/h2-7,13,19H,8,17H2,1H3. The van der Waals surface area contributed by atoms with Crippen molar-refractivity contribution in [3.05, 3.63) is 63.4 Å². The number of pyridine rings is 1. The van der Waals surface area contributed by atoms with Crippen LogP contribution >= 0.6 is 23.2 Å². The van der Waals surface area contributed by atoms with Gasteiger partial charge in [0.05, 0.1) is 21.8 Å². The number of nitrogens with zero attached hydrogens (tertiary/aromatic N) is 1. The van der Waals surface area contributed by atoms with E-state index in [1.807, 2.05) is 31.2 Å². The molecule has 1 atom stereocenters. The number of nitrogens with one attached hydrogen (secondary N) is 1. The molecule has 100 valence electrons. The van der Waals surface area contributed by atoms with Crippen molar-refractivity contribution in [3.63, 3.8) is 0 Å². The maximum atomic E-state index is 6.02. The summed E-state index contributed by atoms with van der Waals surface area (Å²) in [5.74, 6) is 5.64. The minimum atomic E-state index is -0.0570. The number of rotatable bonds is 4. The van der Waals surface area contributed by atoms with Gasteiger partial charge in [0.15, 0.2) is 0 Å². The van der Waals surface area contributed by atoms with Crippen molar-refractivity contribution in [1.82, 2.24) is 10.4 Å². The highest BCUT2D eigenvalue weighted by Gasteiger charge is 2.14. The predicted molar refractivity (Wildman–Crippen MR) is 79.2 cm³/mol. The van der Waals surface area contributed by atoms with E-state index in [1.165, 1.54) is 0 Å². The molecule has 0 saturated heterocycles. The normalized spacial score (nSPS) is 12.4. The zero-order valence-electron chi connectivity index (χ0n) is 10.5. The van der Waals surface area contributed by atoms with Crippen LogP contribution in [0, 0.1) is 6.92 Å². The van der Waals surface area contributed by atoms with Crippen molar-refractivity contribution in [2.75, 3.05) is 0 Å². The number of aromatic nitrogens is 1. The van der Waals surface area contributed by atoms with Gasteiger partial charge in [-0.3, -0.25) is 16.3 Å². The van der Waals surface area contributed by atoms with E-state index in [9.17, 15) is 0 Å². The van der Waals surface area contributed by atoms with Gasteiger partial charge >= 0.3 is 0 Å². The number of hydrogen-bond acceptors (Lipinski definition) is 3. The van der Waals surface area contributed by atoms with E-state index in [0.717, 1.165) is 16.8 Å². The SMILES string of the molecule is Cc1cccnc1C(Cc1ccc(Cl)c(Cl)c1)NN. The smallest absolute Gasteiger partial charge is 0.0675 e. The van der Waals surface area contributed by atoms with Gasteiger partial charge in [-0.2, -0.15) is 0 Å². The highest BCUT2D eigenvalue weighted by molar-refractivity contribution is 6.42. The third-order valence-corrected chi connectivity index (χ3v) is 3.74. The maximum Gasteiger partial charge on any atom is 0.0675 e. The first kappa shape index (κ1) is 14.3. The highest BCUT2D eigenvalue weighted by atomic mass is 35.5. The van der Waals surface area contributed by atoms with E-state index in [4.69, 9.17) is 29.0 Å². The molecule has 1 heterocycles. The molecule has 0 bridgehead atoms. The monoisotopic (exact) mass is 295 g/mol. The summed E-state index contributed by atoms with van der Waals surface area (Å²) in [6, 6.07) is 9.45. The molecule has 3 N–H and O–H groups in total. The summed E-state index contributed by atoms with van der Waals surface area (Å²) in [4.78, 5) is 4.38. The first-order chi connectivity index (χ1) is 9.11. The van der Waals surface area contributed by atoms with E-state index in [0.29, 0.717) is 16.5 Å². The minimum Gasteiger partial charge on any atom is -0.271 e. The Bertz CT molecular complexity index is 572. The number of halogens is 2. The zero-order valence-corrected chi connectivity index (χ0v) is 12.0. The Labute approximate surface area is 122 Å². The van der Waals surface area contributed by atoms with Crippen LogP contribution in [0.25, 0.3) is 0 Å². The molecular weight excluding hydrogens is 281 g/mol. The average molecular weight is 296 g/mol. The fraction of sp³-hybridized carbons (Fsp3) is 0.214. The summed E-state index contributed by atoms with van der Waals surface area (Å²) < 4.78 is 0. The second-order valence-electron chi connectivity index (χ2n) is 4.38. The third kappa shape index (κ3) is 3.45. The van der Waals surface area contributed by atoms with Gasteiger partial charge in [0.25, 0.3) is 0 Å². The molecule has 2 rings (SSSR count). The average Bonchev–Trinajstić information content (AvgIpc) is 2.41. The van der Waals surface area contributed by atoms with Crippen molar-refractivity contribution >= 4 is 23.2 Å². The fourth-order valence-corrected chi connectivity index (χ4v) is 2.32. The van der Waals surface area contributed by atoms with Crippen LogP contribution in [-0.2, 0) is 6.42 Å². The number of aryl methyl sites for hydroxylation is 1. The third-order valence-electron chi connectivity index (χ3n) is 3.01. The zero-order chi connectivity index (χ0) is 13.8. The van der Waals surface area contributed by atoms with Gasteiger partial charge < -0.3 is 0 Å². The van der Waals surface area contributed by atoms with Crippen LogP contribution < -0.4 is 11.3 Å². The van der Waals surface area contributed by atoms with Crippen LogP contribution in [-0.4, -0.2) is 4.98 Å². The van der Waals surface area contributed by atoms with Crippen LogP contribution in [0.3, 0.4) is 0 Å². The molecule has 1 unspecified atom stereocenters. The summed E-state index contributed by atoms with van der Waals surface area (Å²) in [6.45, 7) is 2.02. The van der Waals surface area contributed by atoms with Crippen LogP contribution in [0.2, 0.25) is 10.0 Å². The molecule has 1 aromatic heterocycles. The molecular formula is C14H15Cl2N3. The maximum absolute atomic E-state index is 6.02. The first-order valence-electron chi connectivity index (χ1n) is 5.93. The lowest BCUT2D eigenvalue weighted by molar-refractivity contribution is 0.535. The van der Waals surface area contributed by atoms with Crippen molar-refractivity contribution in [2.24, 2.45) is 5.84 Å². The Hall–Kier alpha value is -1.13. The van der Waals surface area contributed by atoms with E-state index < -0.39 is 0 Å². The fourth-order valence-electron chi connectivity index (χ4n) is 2.00. The molecule has 0 aliphatic carbocycles. The second-order valence-corrected chi connectivity index (χ2v) is 5.19. The van der Waals surface area contributed by atoms with E-state index in [-0.39, 0.29) is 6.04 Å². The summed E-state index contributed by atoms with van der Waals surface area (Å²) in [5, 5.41) is 1.10. The predicted octanol–water partition coefficient (Wildman–Crippen LogP) is 3.44. The molecule has 0 aliphatic rings. The topological polar surface area (TPSA) is 50.9 Å². The molecule has 0 aliphatic heterocycles. The van der Waals surface area contributed by atoms with Gasteiger partial charge in [-0.1, -0.05) is 35.3 Å². The molecule has 5 heteroatoms. The number of nitrogens with two attached hydrogens (primary N) is 1. The van der Waals surface area contributed by atoms with Gasteiger partial charge in [0, 0.05) is 6.20 Å². The summed E-state index contributed by atoms with van der Waals surface area (Å²) in [6.07, 6.45) is 2.47. The first-order valence-corrected chi connectivity index (χ1v) is 6.69. The number of hydrazine groups is 1. The summed E-state index contributed by atoms with van der Waals surface area (Å²) >= 11 is 11.9. The van der Waals surface area contributed by atoms with Crippen LogP contribution in [0.1, 0.15) is 22.9 Å². The van der Waals surface area contributed by atoms with Crippen LogP contribution in [0.15, 0.2) is 36.5 Å². The molecule has 0 spiro atoms. The van der Waals surface area contributed by atoms with Gasteiger partial charge in [0.2, 0.25) is 0 Å². The Kier molecular flexibility index (Phi) is 4.77. The minimum absolute atomic E-state index is 0.0570. The van der Waals surface area contributed by atoms with Crippen LogP contribution in [0.5, 0.6) is 0 Å². The number of hydrogen-bond donors (Lipinski definition) is 2. The number of benzene rings is 1. The van der Waals surface area contributed by atoms with Crippen molar-refractivity contribution in [2.45, 2.75) is 19.4 Å². The van der Waals surface area contributed by atoms with E-state index in [1.54, 1.807) is 12.3 Å². The highest BCUT2D eigenvalue weighted by Crippen LogP contribution is 2.25. The van der Waals surface area contributed by atoms with Gasteiger partial charge in [0.1, 0.15) is 0 Å². The largest absolute Gasteiger partial charge is 0.271 e. The van der Waals surface area contributed by atoms with E-state index in [2.05, 4.69) is 10.4 Å². The molecule has 1 aromatic carbocycles. The van der Waals surface area contributed by atoms with Crippen molar-refractivity contribution in [3.8, 4) is 0 Å². The Morgan fingerprint density at radius 3 is 2.68 bits per heavy atom. The molecule has 19 heavy (non-hydrogen) atoms. The van der Waals surface area contributed by atoms with Gasteiger partial charge in [-0.05, 0) is 42.7 Å². The lowest BCUT2D eigenvalue weighted by Gasteiger charge is -2.17. The molecule has 0 saturated carbocycles. The summed E-state index contributed by atoms with van der Waals surface area (Å²) in [5.41, 5.74) is 5.90. The Morgan fingerprint density at radius 1 is 1.26 bits per heavy atom. The lowest BCUT2D eigenvalue weighted by Crippen LogP contribution is -2.30. The lowest BCUT2D eigenvalue weighted by atomic mass is 10.0. The Morgan fingerprint density at radius 2 is 2.05 bits per heavy atom. The van der Waals surface area contributed by atoms with Gasteiger partial charge in [-0.25, -0.2) is 0 Å². The van der Waals surface area contributed by atoms with Crippen molar-refractivity contribution < 1.29 is 0 Å². The second kappa shape index (κ2) is 6.35. The molecule has 3 nitrogen and oxygen atoms in total.